The van der Waals surface area contributed by atoms with E-state index in [2.05, 4.69) is 0 Å². The summed E-state index contributed by atoms with van der Waals surface area (Å²) in [4.78, 5) is 22.7. The van der Waals surface area contributed by atoms with Crippen LogP contribution in [-0.4, -0.2) is 34.2 Å². The van der Waals surface area contributed by atoms with Gasteiger partial charge in [0.05, 0.1) is 6.61 Å². The molecule has 6 heteroatoms. The molecule has 5 nitrogen and oxygen atoms in total. The number of ketones is 1. The number of carboxylic acid groups (broad SMARTS) is 1. The van der Waals surface area contributed by atoms with Crippen LogP contribution in [0.2, 0.25) is 0 Å². The number of rotatable bonds is 8. The lowest BCUT2D eigenvalue weighted by molar-refractivity contribution is -0.157. The molecule has 0 fully saturated rings. The number of allylic oxidation sites excluding steroid dienone is 1. The maximum atomic E-state index is 11.5. The smallest absolute Gasteiger partial charge is 0.313 e. The van der Waals surface area contributed by atoms with E-state index in [0.717, 1.165) is 6.92 Å². The molecule has 2 N–H and O–H groups in total. The molecule has 0 aromatic heterocycles. The molecule has 17 heavy (non-hydrogen) atoms. The molecule has 0 saturated carbocycles. The highest BCUT2D eigenvalue weighted by Crippen LogP contribution is 2.25. The van der Waals surface area contributed by atoms with Gasteiger partial charge in [-0.05, 0) is 13.3 Å². The molecule has 0 heterocycles. The molecule has 0 radical (unpaired) electrons. The SMILES string of the molecule is [2H]CC/C=C/[C@H](C(=O)O)[C@@](O)(CCOP)C(C)=O. The quantitative estimate of drug-likeness (QED) is 0.507. The van der Waals surface area contributed by atoms with Crippen LogP contribution in [0.15, 0.2) is 12.2 Å². The standard InChI is InChI=1S/C11H19O5P/c1-3-4-5-9(10(13)14)11(15,8(2)12)6-7-16-17/h4-5,9,15H,3,6-7,17H2,1-2H3,(H,13,14)/b5-4+/t9-,11-/m1/s1/i1D. The van der Waals surface area contributed by atoms with Crippen molar-refractivity contribution in [2.75, 3.05) is 6.61 Å². The molecule has 0 aromatic rings. The molecule has 0 aliphatic heterocycles. The largest absolute Gasteiger partial charge is 0.481 e. The summed E-state index contributed by atoms with van der Waals surface area (Å²) in [5, 5.41) is 19.3. The molecule has 98 valence electrons. The number of aliphatic carboxylic acids is 1. The van der Waals surface area contributed by atoms with Gasteiger partial charge in [0.25, 0.3) is 0 Å². The fourth-order valence-electron chi connectivity index (χ4n) is 1.44. The van der Waals surface area contributed by atoms with E-state index in [4.69, 9.17) is 11.0 Å². The molecule has 0 aliphatic rings. The number of carbonyl (C=O) groups is 2. The number of carboxylic acids is 1. The summed E-state index contributed by atoms with van der Waals surface area (Å²) in [5.41, 5.74) is -1.99. The molecule has 0 aliphatic carbocycles. The van der Waals surface area contributed by atoms with Crippen molar-refractivity contribution in [1.82, 2.24) is 0 Å². The molecule has 0 rings (SSSR count). The minimum Gasteiger partial charge on any atom is -0.481 e. The van der Waals surface area contributed by atoms with Crippen molar-refractivity contribution < 1.29 is 25.7 Å². The number of aliphatic hydroxyl groups is 1. The maximum Gasteiger partial charge on any atom is 0.313 e. The molecule has 0 spiro atoms. The third kappa shape index (κ3) is 4.54. The van der Waals surface area contributed by atoms with Gasteiger partial charge in [-0.3, -0.25) is 9.59 Å². The Hall–Kier alpha value is -0.770. The van der Waals surface area contributed by atoms with Gasteiger partial charge < -0.3 is 14.7 Å². The van der Waals surface area contributed by atoms with Crippen molar-refractivity contribution >= 4 is 21.2 Å². The third-order valence-electron chi connectivity index (χ3n) is 2.49. The second kappa shape index (κ2) is 7.54. The zero-order valence-corrected chi connectivity index (χ0v) is 10.9. The molecule has 0 bridgehead atoms. The minimum absolute atomic E-state index is 0.0524. The summed E-state index contributed by atoms with van der Waals surface area (Å²) in [6.45, 7) is 1.32. The first kappa shape index (κ1) is 14.3. The first-order chi connectivity index (χ1) is 8.40. The molecular formula is C11H19O5P. The predicted molar refractivity (Wildman–Crippen MR) is 66.5 cm³/mol. The molecule has 0 saturated heterocycles. The van der Waals surface area contributed by atoms with Crippen molar-refractivity contribution in [3.8, 4) is 0 Å². The minimum atomic E-state index is -1.99. The first-order valence-corrected chi connectivity index (χ1v) is 5.61. The Labute approximate surface area is 105 Å². The molecule has 0 aromatic carbocycles. The number of hydrogen-bond acceptors (Lipinski definition) is 4. The topological polar surface area (TPSA) is 83.8 Å². The van der Waals surface area contributed by atoms with Crippen LogP contribution in [0.3, 0.4) is 0 Å². The van der Waals surface area contributed by atoms with Crippen LogP contribution >= 0.6 is 9.47 Å². The van der Waals surface area contributed by atoms with Crippen LogP contribution < -0.4 is 0 Å². The number of carbonyl (C=O) groups excluding carboxylic acids is 1. The predicted octanol–water partition coefficient (Wildman–Crippen LogP) is 1.17. The molecule has 0 amide bonds. The van der Waals surface area contributed by atoms with Crippen LogP contribution in [0.25, 0.3) is 0 Å². The number of hydrogen-bond donors (Lipinski definition) is 2. The van der Waals surface area contributed by atoms with E-state index in [1.54, 1.807) is 0 Å². The molecule has 1 unspecified atom stereocenters. The van der Waals surface area contributed by atoms with Crippen molar-refractivity contribution in [2.24, 2.45) is 5.92 Å². The Balaban J connectivity index is 5.10. The zero-order valence-electron chi connectivity index (χ0n) is 10.8. The lowest BCUT2D eigenvalue weighted by Gasteiger charge is -2.29. The first-order valence-electron chi connectivity index (χ1n) is 5.84. The highest BCUT2D eigenvalue weighted by atomic mass is 31.0. The summed E-state index contributed by atoms with van der Waals surface area (Å²) in [6, 6.07) is 0. The van der Waals surface area contributed by atoms with Crippen LogP contribution in [-0.2, 0) is 14.1 Å². The van der Waals surface area contributed by atoms with Gasteiger partial charge in [0, 0.05) is 17.3 Å². The Morgan fingerprint density at radius 2 is 2.29 bits per heavy atom. The van der Waals surface area contributed by atoms with E-state index in [9.17, 15) is 14.7 Å². The van der Waals surface area contributed by atoms with Gasteiger partial charge in [-0.2, -0.15) is 0 Å². The van der Waals surface area contributed by atoms with Gasteiger partial charge in [0.15, 0.2) is 5.78 Å². The monoisotopic (exact) mass is 263 g/mol. The normalized spacial score (nSPS) is 17.5. The van der Waals surface area contributed by atoms with Crippen LogP contribution in [0.1, 0.15) is 28.0 Å². The summed E-state index contributed by atoms with van der Waals surface area (Å²) in [7, 11) is 1.98. The Bertz CT molecular complexity index is 321. The maximum absolute atomic E-state index is 11.5. The summed E-state index contributed by atoms with van der Waals surface area (Å²) < 4.78 is 11.7. The second-order valence-corrected chi connectivity index (χ2v) is 3.97. The Kier molecular flexibility index (Phi) is 6.34. The number of Topliss-reactive ketones (excluding diaryl/α,β-unsaturated/α-hetero) is 1. The van der Waals surface area contributed by atoms with Crippen molar-refractivity contribution in [1.29, 1.82) is 0 Å². The van der Waals surface area contributed by atoms with Gasteiger partial charge in [0.2, 0.25) is 0 Å². The van der Waals surface area contributed by atoms with Crippen LogP contribution in [0.5, 0.6) is 0 Å². The van der Waals surface area contributed by atoms with Gasteiger partial charge in [0.1, 0.15) is 11.5 Å². The molecule has 3 atom stereocenters. The van der Waals surface area contributed by atoms with Gasteiger partial charge in [-0.25, -0.2) is 0 Å². The van der Waals surface area contributed by atoms with Gasteiger partial charge in [-0.1, -0.05) is 19.1 Å². The van der Waals surface area contributed by atoms with Crippen molar-refractivity contribution in [3.05, 3.63) is 12.2 Å². The highest BCUT2D eigenvalue weighted by Gasteiger charge is 2.43. The van der Waals surface area contributed by atoms with E-state index in [-0.39, 0.29) is 19.9 Å². The zero-order chi connectivity index (χ0) is 14.2. The van der Waals surface area contributed by atoms with E-state index < -0.39 is 23.3 Å². The lowest BCUT2D eigenvalue weighted by atomic mass is 9.81. The van der Waals surface area contributed by atoms with E-state index in [1.165, 1.54) is 12.2 Å². The lowest BCUT2D eigenvalue weighted by Crippen LogP contribution is -2.48. The third-order valence-corrected chi connectivity index (χ3v) is 2.72. The second-order valence-electron chi connectivity index (χ2n) is 3.63. The summed E-state index contributed by atoms with van der Waals surface area (Å²) in [5.74, 6) is -3.23. The van der Waals surface area contributed by atoms with Crippen molar-refractivity contribution in [3.63, 3.8) is 0 Å². The fraction of sp³-hybridized carbons (Fsp3) is 0.636. The van der Waals surface area contributed by atoms with Gasteiger partial charge >= 0.3 is 5.97 Å². The Morgan fingerprint density at radius 1 is 1.65 bits per heavy atom. The highest BCUT2D eigenvalue weighted by molar-refractivity contribution is 7.09. The molecular weight excluding hydrogens is 243 g/mol. The average molecular weight is 263 g/mol. The average Bonchev–Trinajstić information content (AvgIpc) is 2.31. The van der Waals surface area contributed by atoms with E-state index in [1.807, 2.05) is 9.47 Å². The Morgan fingerprint density at radius 3 is 2.71 bits per heavy atom. The van der Waals surface area contributed by atoms with Crippen molar-refractivity contribution in [2.45, 2.75) is 32.3 Å². The van der Waals surface area contributed by atoms with Gasteiger partial charge in [-0.15, -0.1) is 0 Å². The summed E-state index contributed by atoms with van der Waals surface area (Å²) in [6.07, 6.45) is 3.02. The van der Waals surface area contributed by atoms with Crippen LogP contribution in [0, 0.1) is 5.92 Å². The van der Waals surface area contributed by atoms with Crippen LogP contribution in [0.4, 0.5) is 0 Å². The van der Waals surface area contributed by atoms with E-state index >= 15 is 0 Å². The van der Waals surface area contributed by atoms with E-state index in [0.29, 0.717) is 6.42 Å². The summed E-state index contributed by atoms with van der Waals surface area (Å²) >= 11 is 0. The fourth-order valence-corrected chi connectivity index (χ4v) is 1.56.